The van der Waals surface area contributed by atoms with Gasteiger partial charge in [-0.05, 0) is 49.3 Å². The SMILES string of the molecule is COC(=O)C1C[C@@H]2CN1C(=O)C(C1CCCCC1)NC(=O)CC/C=C\c1ccc(cc1)S(=O)(=O)N2. The van der Waals surface area contributed by atoms with Crippen LogP contribution >= 0.6 is 0 Å². The fraction of sp³-hybridized carbons (Fsp3) is 0.560. The Morgan fingerprint density at radius 2 is 1.80 bits per heavy atom. The molecule has 1 aromatic rings. The molecule has 5 rings (SSSR count). The molecule has 3 atom stereocenters. The van der Waals surface area contributed by atoms with Crippen LogP contribution in [0, 0.1) is 5.92 Å². The third-order valence-corrected chi connectivity index (χ3v) is 8.66. The van der Waals surface area contributed by atoms with Gasteiger partial charge in [0.15, 0.2) is 0 Å². The van der Waals surface area contributed by atoms with E-state index in [1.807, 2.05) is 12.2 Å². The van der Waals surface area contributed by atoms with Gasteiger partial charge in [-0.2, -0.15) is 0 Å². The largest absolute Gasteiger partial charge is 0.467 e. The number of benzene rings is 1. The Kier molecular flexibility index (Phi) is 7.91. The molecule has 2 N–H and O–H groups in total. The molecule has 0 radical (unpaired) electrons. The first-order valence-corrected chi connectivity index (χ1v) is 13.7. The number of hydrogen-bond acceptors (Lipinski definition) is 6. The zero-order valence-corrected chi connectivity index (χ0v) is 20.8. The summed E-state index contributed by atoms with van der Waals surface area (Å²) in [6.45, 7) is 0.0244. The van der Waals surface area contributed by atoms with Crippen molar-refractivity contribution in [1.29, 1.82) is 0 Å². The third-order valence-electron chi connectivity index (χ3n) is 7.12. The van der Waals surface area contributed by atoms with Gasteiger partial charge >= 0.3 is 5.97 Å². The van der Waals surface area contributed by atoms with Crippen molar-refractivity contribution in [3.8, 4) is 0 Å². The molecule has 3 aliphatic heterocycles. The van der Waals surface area contributed by atoms with E-state index < -0.39 is 34.1 Å². The highest BCUT2D eigenvalue weighted by atomic mass is 32.2. The summed E-state index contributed by atoms with van der Waals surface area (Å²) in [4.78, 5) is 40.7. The highest BCUT2D eigenvalue weighted by Crippen LogP contribution is 2.30. The number of sulfonamides is 1. The second-order valence-electron chi connectivity index (χ2n) is 9.54. The number of hydrogen-bond donors (Lipinski definition) is 2. The minimum atomic E-state index is -3.86. The number of carbonyl (C=O) groups is 3. The van der Waals surface area contributed by atoms with Gasteiger partial charge in [-0.15, -0.1) is 0 Å². The fourth-order valence-electron chi connectivity index (χ4n) is 5.28. The molecule has 1 saturated carbocycles. The molecule has 10 heteroatoms. The van der Waals surface area contributed by atoms with Crippen molar-refractivity contribution in [3.05, 3.63) is 35.9 Å². The molecule has 1 aromatic carbocycles. The second-order valence-corrected chi connectivity index (χ2v) is 11.3. The van der Waals surface area contributed by atoms with Crippen molar-refractivity contribution >= 4 is 33.9 Å². The summed E-state index contributed by atoms with van der Waals surface area (Å²) in [5.41, 5.74) is 0.821. The lowest BCUT2D eigenvalue weighted by atomic mass is 9.83. The molecule has 0 aromatic heterocycles. The first-order chi connectivity index (χ1) is 16.8. The van der Waals surface area contributed by atoms with E-state index in [1.165, 1.54) is 24.1 Å². The molecule has 4 bridgehead atoms. The number of amides is 2. The quantitative estimate of drug-likeness (QED) is 0.595. The number of fused-ring (bicyclic) bond motifs is 9. The maximum atomic E-state index is 13.8. The van der Waals surface area contributed by atoms with Gasteiger partial charge in [0.2, 0.25) is 21.8 Å². The molecular weight excluding hydrogens is 470 g/mol. The number of nitrogens with zero attached hydrogens (tertiary/aromatic N) is 1. The van der Waals surface area contributed by atoms with Gasteiger partial charge in [-0.3, -0.25) is 9.59 Å². The Hall–Kier alpha value is -2.72. The van der Waals surface area contributed by atoms with Gasteiger partial charge < -0.3 is 15.0 Å². The van der Waals surface area contributed by atoms with Crippen LogP contribution < -0.4 is 10.0 Å². The summed E-state index contributed by atoms with van der Waals surface area (Å²) in [7, 11) is -2.62. The zero-order valence-electron chi connectivity index (χ0n) is 19.9. The smallest absolute Gasteiger partial charge is 0.328 e. The molecular formula is C25H33N3O6S. The minimum absolute atomic E-state index is 0.0244. The lowest BCUT2D eigenvalue weighted by Gasteiger charge is -2.34. The number of esters is 1. The van der Waals surface area contributed by atoms with Crippen LogP contribution in [0.5, 0.6) is 0 Å². The number of nitrogens with one attached hydrogen (secondary N) is 2. The highest BCUT2D eigenvalue weighted by Gasteiger charge is 2.45. The Labute approximate surface area is 206 Å². The maximum absolute atomic E-state index is 13.8. The van der Waals surface area contributed by atoms with Crippen molar-refractivity contribution < 1.29 is 27.5 Å². The molecule has 3 heterocycles. The van der Waals surface area contributed by atoms with E-state index in [-0.39, 0.29) is 42.0 Å². The highest BCUT2D eigenvalue weighted by molar-refractivity contribution is 7.89. The van der Waals surface area contributed by atoms with Gasteiger partial charge in [0.25, 0.3) is 0 Å². The lowest BCUT2D eigenvalue weighted by Crippen LogP contribution is -2.55. The topological polar surface area (TPSA) is 122 Å². The Balaban J connectivity index is 1.68. The molecule has 1 aliphatic carbocycles. The Morgan fingerprint density at radius 3 is 2.49 bits per heavy atom. The molecule has 0 spiro atoms. The molecule has 2 amide bonds. The Morgan fingerprint density at radius 1 is 1.09 bits per heavy atom. The van der Waals surface area contributed by atoms with Gasteiger partial charge in [-0.1, -0.05) is 43.5 Å². The number of ether oxygens (including phenoxy) is 1. The van der Waals surface area contributed by atoms with Crippen LogP contribution in [0.15, 0.2) is 35.2 Å². The van der Waals surface area contributed by atoms with Crippen molar-refractivity contribution in [3.63, 3.8) is 0 Å². The van der Waals surface area contributed by atoms with Crippen LogP contribution in [0.25, 0.3) is 6.08 Å². The standard InChI is InChI=1S/C25H33N3O6S/c1-34-25(31)21-15-19-16-28(21)24(30)23(18-8-3-2-4-9-18)26-22(29)10-6-5-7-17-11-13-20(14-12-17)35(32,33)27-19/h5,7,11-14,18-19,21,23,27H,2-4,6,8-10,15-16H2,1H3,(H,26,29)/b7-5-/t19-,21?,23?/m1/s1. The minimum Gasteiger partial charge on any atom is -0.467 e. The predicted molar refractivity (Wildman–Crippen MR) is 129 cm³/mol. The van der Waals surface area contributed by atoms with Crippen LogP contribution in [0.4, 0.5) is 0 Å². The van der Waals surface area contributed by atoms with E-state index in [4.69, 9.17) is 4.74 Å². The molecule has 2 unspecified atom stereocenters. The predicted octanol–water partition coefficient (Wildman–Crippen LogP) is 1.98. The van der Waals surface area contributed by atoms with Crippen LogP contribution in [-0.4, -0.2) is 62.9 Å². The lowest BCUT2D eigenvalue weighted by molar-refractivity contribution is -0.152. The van der Waals surface area contributed by atoms with E-state index in [9.17, 15) is 22.8 Å². The average Bonchev–Trinajstić information content (AvgIpc) is 3.27. The van der Waals surface area contributed by atoms with E-state index in [0.717, 1.165) is 37.7 Å². The number of allylic oxidation sites excluding steroid dienone is 1. The molecule has 4 aliphatic rings. The fourth-order valence-corrected chi connectivity index (χ4v) is 6.52. The van der Waals surface area contributed by atoms with E-state index in [2.05, 4.69) is 10.0 Å². The summed E-state index contributed by atoms with van der Waals surface area (Å²) in [6.07, 6.45) is 9.19. The molecule has 9 nitrogen and oxygen atoms in total. The van der Waals surface area contributed by atoms with Gasteiger partial charge in [0, 0.05) is 19.0 Å². The summed E-state index contributed by atoms with van der Waals surface area (Å²) in [6, 6.07) is 4.09. The van der Waals surface area contributed by atoms with Gasteiger partial charge in [0.05, 0.1) is 12.0 Å². The monoisotopic (exact) mass is 503 g/mol. The first-order valence-electron chi connectivity index (χ1n) is 12.2. The number of methoxy groups -OCH3 is 1. The molecule has 1 saturated heterocycles. The average molecular weight is 504 g/mol. The van der Waals surface area contributed by atoms with Gasteiger partial charge in [-0.25, -0.2) is 17.9 Å². The molecule has 2 fully saturated rings. The number of carbonyl (C=O) groups excluding carboxylic acids is 3. The Bertz CT molecular complexity index is 1080. The van der Waals surface area contributed by atoms with Crippen molar-refractivity contribution in [1.82, 2.24) is 14.9 Å². The van der Waals surface area contributed by atoms with E-state index in [0.29, 0.717) is 6.42 Å². The summed E-state index contributed by atoms with van der Waals surface area (Å²) in [5.74, 6) is -1.20. The van der Waals surface area contributed by atoms with Crippen molar-refractivity contribution in [2.45, 2.75) is 74.4 Å². The van der Waals surface area contributed by atoms with Crippen molar-refractivity contribution in [2.75, 3.05) is 13.7 Å². The van der Waals surface area contributed by atoms with E-state index >= 15 is 0 Å². The maximum Gasteiger partial charge on any atom is 0.328 e. The van der Waals surface area contributed by atoms with Crippen molar-refractivity contribution in [2.24, 2.45) is 5.92 Å². The van der Waals surface area contributed by atoms with Gasteiger partial charge in [0.1, 0.15) is 12.1 Å². The summed E-state index contributed by atoms with van der Waals surface area (Å²) >= 11 is 0. The van der Waals surface area contributed by atoms with Crippen LogP contribution in [0.2, 0.25) is 0 Å². The number of rotatable bonds is 2. The summed E-state index contributed by atoms with van der Waals surface area (Å²) in [5, 5.41) is 2.95. The third kappa shape index (κ3) is 5.92. The molecule has 35 heavy (non-hydrogen) atoms. The van der Waals surface area contributed by atoms with Crippen LogP contribution in [-0.2, 0) is 29.1 Å². The normalized spacial score (nSPS) is 28.8. The van der Waals surface area contributed by atoms with E-state index in [1.54, 1.807) is 12.1 Å². The second kappa shape index (κ2) is 10.9. The van der Waals surface area contributed by atoms with Crippen LogP contribution in [0.1, 0.15) is 56.9 Å². The molecule has 190 valence electrons. The zero-order chi connectivity index (χ0) is 25.0. The first kappa shape index (κ1) is 25.4. The van der Waals surface area contributed by atoms with Crippen LogP contribution in [0.3, 0.4) is 0 Å². The summed E-state index contributed by atoms with van der Waals surface area (Å²) < 4.78 is 33.6.